The van der Waals surface area contributed by atoms with Crippen molar-refractivity contribution in [1.82, 2.24) is 15.5 Å². The van der Waals surface area contributed by atoms with Crippen LogP contribution in [0, 0.1) is 35.0 Å². The topological polar surface area (TPSA) is 90.5 Å². The van der Waals surface area contributed by atoms with Crippen molar-refractivity contribution < 1.29 is 0 Å². The predicted molar refractivity (Wildman–Crippen MR) is 84.9 cm³/mol. The average Bonchev–Trinajstić information content (AvgIpc) is 3.25. The van der Waals surface area contributed by atoms with Crippen LogP contribution in [0.1, 0.15) is 49.8 Å². The highest BCUT2D eigenvalue weighted by molar-refractivity contribution is 5.50. The smallest absolute Gasteiger partial charge is 0.163 e. The van der Waals surface area contributed by atoms with Gasteiger partial charge in [-0.25, -0.2) is 0 Å². The number of nitrogens with one attached hydrogen (secondary N) is 2. The minimum Gasteiger partial charge on any atom is -0.381 e. The molecule has 4 N–H and O–H groups in total. The van der Waals surface area contributed by atoms with Gasteiger partial charge < -0.3 is 11.1 Å². The molecule has 0 unspecified atom stereocenters. The van der Waals surface area contributed by atoms with Crippen LogP contribution in [0.5, 0.6) is 0 Å². The van der Waals surface area contributed by atoms with Crippen LogP contribution in [0.4, 0.5) is 5.82 Å². The summed E-state index contributed by atoms with van der Waals surface area (Å²) in [6, 6.07) is 2.88. The molecular weight excluding hydrogens is 274 g/mol. The molecule has 5 nitrogen and oxygen atoms in total. The number of hydrogen-bond donors (Lipinski definition) is 3. The van der Waals surface area contributed by atoms with Crippen molar-refractivity contribution in [3.63, 3.8) is 0 Å². The lowest BCUT2D eigenvalue weighted by Gasteiger charge is -2.32. The van der Waals surface area contributed by atoms with Crippen molar-refractivity contribution in [2.75, 3.05) is 12.3 Å². The van der Waals surface area contributed by atoms with E-state index in [1.807, 2.05) is 0 Å². The van der Waals surface area contributed by atoms with Crippen LogP contribution >= 0.6 is 0 Å². The molecule has 3 aliphatic carbocycles. The van der Waals surface area contributed by atoms with Gasteiger partial charge in [0.1, 0.15) is 11.6 Å². The fourth-order valence-electron chi connectivity index (χ4n) is 5.56. The number of H-pyrrole nitrogens is 1. The normalized spacial score (nSPS) is 35.7. The van der Waals surface area contributed by atoms with Crippen LogP contribution in [0.15, 0.2) is 0 Å². The number of rotatable bonds is 5. The highest BCUT2D eigenvalue weighted by Crippen LogP contribution is 2.58. The van der Waals surface area contributed by atoms with Gasteiger partial charge in [-0.2, -0.15) is 10.4 Å². The lowest BCUT2D eigenvalue weighted by molar-refractivity contribution is 0.209. The first kappa shape index (κ1) is 14.1. The van der Waals surface area contributed by atoms with E-state index in [4.69, 9.17) is 11.0 Å². The second-order valence-corrected chi connectivity index (χ2v) is 7.39. The van der Waals surface area contributed by atoms with E-state index in [1.54, 1.807) is 0 Å². The third-order valence-electron chi connectivity index (χ3n) is 6.42. The Bertz CT molecular complexity index is 586. The summed E-state index contributed by atoms with van der Waals surface area (Å²) in [6.45, 7) is 1.02. The molecule has 5 heteroatoms. The minimum absolute atomic E-state index is 0.325. The molecule has 3 fully saturated rings. The lowest BCUT2D eigenvalue weighted by Crippen LogP contribution is -2.39. The lowest BCUT2D eigenvalue weighted by atomic mass is 9.79. The second kappa shape index (κ2) is 5.58. The Balaban J connectivity index is 1.26. The van der Waals surface area contributed by atoms with Crippen molar-refractivity contribution in [3.05, 3.63) is 11.3 Å². The molecular formula is C17H25N5. The minimum atomic E-state index is 0.325. The van der Waals surface area contributed by atoms with Crippen LogP contribution in [0.2, 0.25) is 0 Å². The summed E-state index contributed by atoms with van der Waals surface area (Å²) in [5, 5.41) is 19.7. The molecule has 22 heavy (non-hydrogen) atoms. The molecule has 0 spiro atoms. The van der Waals surface area contributed by atoms with E-state index in [-0.39, 0.29) is 0 Å². The molecule has 0 saturated heterocycles. The van der Waals surface area contributed by atoms with E-state index in [2.05, 4.69) is 21.6 Å². The number of aromatic nitrogens is 2. The van der Waals surface area contributed by atoms with Crippen LogP contribution in [0.3, 0.4) is 0 Å². The summed E-state index contributed by atoms with van der Waals surface area (Å²) >= 11 is 0. The Labute approximate surface area is 131 Å². The fraction of sp³-hybridized carbons (Fsp3) is 0.765. The molecule has 5 atom stereocenters. The maximum Gasteiger partial charge on any atom is 0.163 e. The Morgan fingerprint density at radius 1 is 1.27 bits per heavy atom. The van der Waals surface area contributed by atoms with E-state index < -0.39 is 0 Å². The first-order chi connectivity index (χ1) is 10.8. The summed E-state index contributed by atoms with van der Waals surface area (Å²) in [5.41, 5.74) is 7.07. The van der Waals surface area contributed by atoms with Crippen LogP contribution in [-0.2, 0) is 6.42 Å². The van der Waals surface area contributed by atoms with Gasteiger partial charge in [-0.1, -0.05) is 6.42 Å². The third kappa shape index (κ3) is 2.21. The number of aromatic amines is 1. The summed E-state index contributed by atoms with van der Waals surface area (Å²) in [4.78, 5) is 0. The molecule has 1 aromatic heterocycles. The highest BCUT2D eigenvalue weighted by atomic mass is 15.2. The van der Waals surface area contributed by atoms with Crippen LogP contribution in [-0.4, -0.2) is 22.8 Å². The van der Waals surface area contributed by atoms with Gasteiger partial charge in [0.15, 0.2) is 5.82 Å². The van der Waals surface area contributed by atoms with E-state index in [0.717, 1.165) is 54.8 Å². The van der Waals surface area contributed by atoms with Gasteiger partial charge in [0.2, 0.25) is 0 Å². The van der Waals surface area contributed by atoms with Crippen LogP contribution in [0.25, 0.3) is 0 Å². The molecule has 3 aliphatic rings. The highest BCUT2D eigenvalue weighted by Gasteiger charge is 2.53. The van der Waals surface area contributed by atoms with E-state index >= 15 is 0 Å². The molecule has 3 saturated carbocycles. The number of hydrogen-bond acceptors (Lipinski definition) is 4. The summed E-state index contributed by atoms with van der Waals surface area (Å²) in [6.07, 6.45) is 9.17. The van der Waals surface area contributed by atoms with Crippen molar-refractivity contribution in [2.45, 2.75) is 51.0 Å². The molecule has 118 valence electrons. The Kier molecular flexibility index (Phi) is 3.57. The van der Waals surface area contributed by atoms with Gasteiger partial charge in [0, 0.05) is 6.04 Å². The first-order valence-corrected chi connectivity index (χ1v) is 8.74. The molecule has 0 radical (unpaired) electrons. The standard InChI is InChI=1S/C17H25N5/c18-9-14-15(21-22-17(14)19)5-2-6-20-16-8-10-7-13(16)12-4-1-3-11(10)12/h10-13,16,20H,1-8H2,(H3,19,21,22)/t10-,11-,12-,13+,16-/m1/s1. The number of anilines is 1. The van der Waals surface area contributed by atoms with Crippen molar-refractivity contribution in [1.29, 1.82) is 5.26 Å². The average molecular weight is 299 g/mol. The second-order valence-electron chi connectivity index (χ2n) is 7.39. The maximum absolute atomic E-state index is 9.07. The largest absolute Gasteiger partial charge is 0.381 e. The van der Waals surface area contributed by atoms with Gasteiger partial charge in [-0.3, -0.25) is 5.10 Å². The first-order valence-electron chi connectivity index (χ1n) is 8.74. The van der Waals surface area contributed by atoms with Crippen molar-refractivity contribution >= 4 is 5.82 Å². The zero-order valence-electron chi connectivity index (χ0n) is 13.0. The number of fused-ring (bicyclic) bond motifs is 5. The molecule has 0 aliphatic heterocycles. The number of nitrogens with two attached hydrogens (primary N) is 1. The third-order valence-corrected chi connectivity index (χ3v) is 6.42. The monoisotopic (exact) mass is 299 g/mol. The SMILES string of the molecule is N#Cc1c(N)n[nH]c1CCCN[C@@H]1C[C@H]2C[C@H]1[C@@H]1CCC[C@H]21. The molecule has 1 heterocycles. The predicted octanol–water partition coefficient (Wildman–Crippen LogP) is 2.21. The maximum atomic E-state index is 9.07. The van der Waals surface area contributed by atoms with E-state index in [9.17, 15) is 0 Å². The Morgan fingerprint density at radius 2 is 2.14 bits per heavy atom. The quantitative estimate of drug-likeness (QED) is 0.727. The summed E-state index contributed by atoms with van der Waals surface area (Å²) < 4.78 is 0. The number of nitrogens with zero attached hydrogens (tertiary/aromatic N) is 2. The Morgan fingerprint density at radius 3 is 3.00 bits per heavy atom. The summed E-state index contributed by atoms with van der Waals surface area (Å²) in [7, 11) is 0. The fourth-order valence-corrected chi connectivity index (χ4v) is 5.56. The van der Waals surface area contributed by atoms with E-state index in [0.29, 0.717) is 11.4 Å². The van der Waals surface area contributed by atoms with Gasteiger partial charge in [-0.15, -0.1) is 0 Å². The number of aryl methyl sites for hydroxylation is 1. The van der Waals surface area contributed by atoms with Gasteiger partial charge in [0.05, 0.1) is 5.69 Å². The molecule has 0 aromatic carbocycles. The van der Waals surface area contributed by atoms with E-state index in [1.165, 1.54) is 32.1 Å². The zero-order chi connectivity index (χ0) is 15.1. The molecule has 2 bridgehead atoms. The van der Waals surface area contributed by atoms with Crippen LogP contribution < -0.4 is 11.1 Å². The van der Waals surface area contributed by atoms with Crippen molar-refractivity contribution in [2.24, 2.45) is 23.7 Å². The molecule has 4 rings (SSSR count). The number of nitriles is 1. The molecule has 0 amide bonds. The zero-order valence-corrected chi connectivity index (χ0v) is 13.0. The van der Waals surface area contributed by atoms with Gasteiger partial charge in [0.25, 0.3) is 0 Å². The Hall–Kier alpha value is -1.54. The van der Waals surface area contributed by atoms with Crippen molar-refractivity contribution in [3.8, 4) is 6.07 Å². The molecule has 1 aromatic rings. The van der Waals surface area contributed by atoms with Gasteiger partial charge >= 0.3 is 0 Å². The summed E-state index contributed by atoms with van der Waals surface area (Å²) in [5.74, 6) is 4.36. The number of nitrogen functional groups attached to an aromatic ring is 1. The van der Waals surface area contributed by atoms with Gasteiger partial charge in [-0.05, 0) is 68.7 Å².